The van der Waals surface area contributed by atoms with Crippen molar-refractivity contribution in [3.05, 3.63) is 106 Å². The number of piperazine rings is 1. The molecule has 5 aromatic rings. The largest absolute Gasteiger partial charge is 0.573 e. The van der Waals surface area contributed by atoms with E-state index in [4.69, 9.17) is 4.98 Å². The first-order chi connectivity index (χ1) is 33.6. The highest BCUT2D eigenvalue weighted by molar-refractivity contribution is 7.90. The number of nitrogens with one attached hydrogen (secondary N) is 2. The zero-order valence-electron chi connectivity index (χ0n) is 40.2. The van der Waals surface area contributed by atoms with Gasteiger partial charge in [0.15, 0.2) is 15.7 Å². The van der Waals surface area contributed by atoms with Gasteiger partial charge < -0.3 is 39.4 Å². The van der Waals surface area contributed by atoms with Crippen LogP contribution >= 0.6 is 0 Å². The van der Waals surface area contributed by atoms with Gasteiger partial charge in [-0.3, -0.25) is 24.2 Å². The number of ether oxygens (including phenoxy) is 1. The first kappa shape index (κ1) is 49.3. The number of rotatable bonds is 12. The van der Waals surface area contributed by atoms with E-state index in [0.29, 0.717) is 91.2 Å². The van der Waals surface area contributed by atoms with Gasteiger partial charge in [-0.05, 0) is 92.1 Å². The third-order valence-electron chi connectivity index (χ3n) is 14.0. The highest BCUT2D eigenvalue weighted by Gasteiger charge is 2.39. The molecule has 9 rings (SSSR count). The molecule has 21 heteroatoms. The van der Waals surface area contributed by atoms with Gasteiger partial charge in [-0.1, -0.05) is 20.4 Å². The third kappa shape index (κ3) is 9.99. The second kappa shape index (κ2) is 18.8. The molecule has 3 N–H and O–H groups in total. The van der Waals surface area contributed by atoms with Crippen molar-refractivity contribution in [2.45, 2.75) is 82.9 Å². The number of benzene rings is 2. The Kier molecular flexibility index (Phi) is 13.0. The number of aromatic nitrogens is 4. The van der Waals surface area contributed by atoms with Crippen LogP contribution in [0.2, 0.25) is 0 Å². The van der Waals surface area contributed by atoms with Crippen molar-refractivity contribution >= 4 is 56.0 Å². The van der Waals surface area contributed by atoms with Gasteiger partial charge >= 0.3 is 6.36 Å². The molecule has 0 bridgehead atoms. The molecular weight excluding hydrogens is 942 g/mol. The fraction of sp³-hybridized carbons (Fsp3) is 0.420. The molecule has 1 unspecified atom stereocenters. The summed E-state index contributed by atoms with van der Waals surface area (Å²) in [6, 6.07) is 13.0. The molecule has 0 spiro atoms. The topological polar surface area (TPSA) is 187 Å². The van der Waals surface area contributed by atoms with E-state index in [9.17, 15) is 41.1 Å². The Morgan fingerprint density at radius 1 is 1.01 bits per heavy atom. The van der Waals surface area contributed by atoms with E-state index < -0.39 is 44.9 Å². The number of alkyl halides is 3. The zero-order chi connectivity index (χ0) is 50.7. The number of aliphatic hydroxyl groups excluding tert-OH is 1. The summed E-state index contributed by atoms with van der Waals surface area (Å²) in [4.78, 5) is 57.5. The van der Waals surface area contributed by atoms with E-state index in [0.717, 1.165) is 49.8 Å². The number of pyridine rings is 1. The molecule has 376 valence electrons. The van der Waals surface area contributed by atoms with E-state index in [1.54, 1.807) is 42.5 Å². The van der Waals surface area contributed by atoms with Crippen molar-refractivity contribution in [1.82, 2.24) is 24.0 Å². The smallest absolute Gasteiger partial charge is 0.404 e. The summed E-state index contributed by atoms with van der Waals surface area (Å²) < 4.78 is 71.7. The summed E-state index contributed by atoms with van der Waals surface area (Å²) in [6.07, 6.45) is 3.33. The van der Waals surface area contributed by atoms with Gasteiger partial charge in [0.1, 0.15) is 22.2 Å². The second-order valence-electron chi connectivity index (χ2n) is 19.6. The van der Waals surface area contributed by atoms with Crippen LogP contribution in [0.25, 0.3) is 11.3 Å². The van der Waals surface area contributed by atoms with Gasteiger partial charge in [-0.15, -0.1) is 13.2 Å². The number of fused-ring (bicyclic) bond motifs is 3. The number of sulfone groups is 1. The van der Waals surface area contributed by atoms with Crippen molar-refractivity contribution in [3.8, 4) is 17.0 Å². The SMILES string of the molecule is C=CC(=O)Nc1cc(Nc2nc(-c3ccnc(N4CCn5c(cc6c5CC(C)(C)C6)C4=O)c3CO)cn(C)c2=O)ccc1N1CCN(C2CCN(c3ccc(S(C)(=O)=O)c(OC(F)(F)F)c3)CC2)CC1C. The van der Waals surface area contributed by atoms with Crippen LogP contribution in [0.15, 0.2) is 83.3 Å². The molecule has 1 aliphatic carbocycles. The second-order valence-corrected chi connectivity index (χ2v) is 21.6. The first-order valence-corrected chi connectivity index (χ1v) is 25.4. The summed E-state index contributed by atoms with van der Waals surface area (Å²) >= 11 is 0. The molecule has 2 aromatic carbocycles. The predicted octanol–water partition coefficient (Wildman–Crippen LogP) is 6.27. The fourth-order valence-electron chi connectivity index (χ4n) is 10.7. The number of amides is 2. The maximum Gasteiger partial charge on any atom is 0.573 e. The number of carbonyl (C=O) groups excluding carboxylic acids is 2. The van der Waals surface area contributed by atoms with Crippen molar-refractivity contribution in [3.63, 3.8) is 0 Å². The van der Waals surface area contributed by atoms with E-state index in [2.05, 4.69) is 62.1 Å². The average molecular weight is 999 g/mol. The Balaban J connectivity index is 0.904. The lowest BCUT2D eigenvalue weighted by Crippen LogP contribution is -2.57. The van der Waals surface area contributed by atoms with Gasteiger partial charge in [-0.25, -0.2) is 18.4 Å². The Morgan fingerprint density at radius 2 is 1.77 bits per heavy atom. The molecule has 0 radical (unpaired) electrons. The Hall–Kier alpha value is -6.71. The molecule has 3 aromatic heterocycles. The number of anilines is 6. The van der Waals surface area contributed by atoms with E-state index in [-0.39, 0.29) is 29.2 Å². The number of hydrogen-bond acceptors (Lipinski definition) is 13. The number of halogens is 3. The summed E-state index contributed by atoms with van der Waals surface area (Å²) in [7, 11) is -2.38. The molecule has 3 aliphatic heterocycles. The van der Waals surface area contributed by atoms with E-state index >= 15 is 0 Å². The minimum atomic E-state index is -5.06. The van der Waals surface area contributed by atoms with Crippen molar-refractivity contribution in [2.75, 3.05) is 70.9 Å². The predicted molar refractivity (Wildman–Crippen MR) is 264 cm³/mol. The van der Waals surface area contributed by atoms with Gasteiger partial charge in [0.2, 0.25) is 5.91 Å². The van der Waals surface area contributed by atoms with Crippen LogP contribution in [0.1, 0.15) is 60.9 Å². The monoisotopic (exact) mass is 998 g/mol. The number of aliphatic hydroxyl groups is 1. The summed E-state index contributed by atoms with van der Waals surface area (Å²) in [5.41, 5.74) is 6.08. The van der Waals surface area contributed by atoms with Crippen molar-refractivity contribution in [2.24, 2.45) is 12.5 Å². The van der Waals surface area contributed by atoms with E-state index in [1.165, 1.54) is 28.0 Å². The number of piperidine rings is 1. The Bertz CT molecular complexity index is 3110. The van der Waals surface area contributed by atoms with Crippen molar-refractivity contribution < 1.29 is 41.0 Å². The maximum absolute atomic E-state index is 14.0. The molecule has 0 saturated carbocycles. The molecule has 2 saturated heterocycles. The number of nitrogens with zero attached hydrogens (tertiary/aromatic N) is 8. The molecule has 2 amide bonds. The molecule has 1 atom stereocenters. The summed E-state index contributed by atoms with van der Waals surface area (Å²) in [5, 5.41) is 16.9. The van der Waals surface area contributed by atoms with Crippen LogP contribution in [0.3, 0.4) is 0 Å². The lowest BCUT2D eigenvalue weighted by atomic mass is 9.90. The molecular formula is C50H57F3N10O7S. The highest BCUT2D eigenvalue weighted by Crippen LogP contribution is 2.41. The molecule has 2 fully saturated rings. The van der Waals surface area contributed by atoms with Crippen LogP contribution in [-0.4, -0.2) is 113 Å². The van der Waals surface area contributed by atoms with E-state index in [1.807, 2.05) is 17.0 Å². The van der Waals surface area contributed by atoms with Crippen LogP contribution < -0.4 is 35.6 Å². The van der Waals surface area contributed by atoms with Crippen LogP contribution in [0, 0.1) is 5.41 Å². The number of carbonyl (C=O) groups is 2. The lowest BCUT2D eigenvalue weighted by molar-refractivity contribution is -0.275. The number of aryl methyl sites for hydroxylation is 1. The number of hydrogen-bond donors (Lipinski definition) is 3. The van der Waals surface area contributed by atoms with Gasteiger partial charge in [0.25, 0.3) is 11.5 Å². The normalized spacial score (nSPS) is 18.6. The van der Waals surface area contributed by atoms with Crippen LogP contribution in [0.5, 0.6) is 5.75 Å². The highest BCUT2D eigenvalue weighted by atomic mass is 32.2. The summed E-state index contributed by atoms with van der Waals surface area (Å²) in [5.74, 6) is -1.07. The molecule has 71 heavy (non-hydrogen) atoms. The molecule has 4 aliphatic rings. The maximum atomic E-state index is 14.0. The lowest BCUT2D eigenvalue weighted by Gasteiger charge is -2.47. The Labute approximate surface area is 409 Å². The quantitative estimate of drug-likeness (QED) is 0.119. The van der Waals surface area contributed by atoms with Gasteiger partial charge in [0, 0.05) is 118 Å². The molecule has 6 heterocycles. The Morgan fingerprint density at radius 3 is 2.46 bits per heavy atom. The minimum Gasteiger partial charge on any atom is -0.404 e. The van der Waals surface area contributed by atoms with Crippen LogP contribution in [0.4, 0.5) is 47.6 Å². The van der Waals surface area contributed by atoms with Gasteiger partial charge in [-0.2, -0.15) is 0 Å². The zero-order valence-corrected chi connectivity index (χ0v) is 41.0. The molecule has 17 nitrogen and oxygen atoms in total. The summed E-state index contributed by atoms with van der Waals surface area (Å²) in [6.45, 7) is 13.8. The fourth-order valence-corrected chi connectivity index (χ4v) is 11.5. The van der Waals surface area contributed by atoms with Gasteiger partial charge in [0.05, 0.1) is 23.7 Å². The first-order valence-electron chi connectivity index (χ1n) is 23.5. The van der Waals surface area contributed by atoms with Crippen molar-refractivity contribution in [1.29, 1.82) is 0 Å². The minimum absolute atomic E-state index is 0.0129. The third-order valence-corrected chi connectivity index (χ3v) is 15.1. The average Bonchev–Trinajstić information content (AvgIpc) is 3.81. The van der Waals surface area contributed by atoms with Crippen LogP contribution in [-0.2, 0) is 47.7 Å². The standard InChI is InChI=1S/C50H57F3N10O7S/c1-7-44(65)56-37-23-32(8-10-39(37)61-19-18-60(27-30(61)2)33-13-16-59(17-14-33)34-9-11-43(71(6,68)69)42(24-34)70-50(51,52)53)55-45-48(67)58(5)28-38(57-45)35-12-15-54-46(36(35)29-64)63-21-20-62-40(47(63)66)22-31-25-49(3,4)26-41(31)62/h7-12,15,22-24,28,30,33,64H,1,13-14,16-21,25-27,29H2,2-6H3,(H,55,57)(H,56,65).